The monoisotopic (exact) mass is 370 g/mol. The number of likely N-dealkylation sites (tertiary alicyclic amines) is 1. The number of hydrogen-bond donors (Lipinski definition) is 1. The molecule has 0 amide bonds. The topological polar surface area (TPSA) is 55.7 Å². The highest BCUT2D eigenvalue weighted by Crippen LogP contribution is 2.31. The molecule has 138 valence electrons. The van der Waals surface area contributed by atoms with Gasteiger partial charge in [0.15, 0.2) is 0 Å². The molecular weight excluding hydrogens is 353 g/mol. The lowest BCUT2D eigenvalue weighted by atomic mass is 10.1. The maximum absolute atomic E-state index is 12.7. The van der Waals surface area contributed by atoms with Crippen LogP contribution in [0.15, 0.2) is 42.5 Å². The van der Waals surface area contributed by atoms with Crippen LogP contribution in [0.4, 0.5) is 13.2 Å². The molecule has 0 unspecified atom stereocenters. The average molecular weight is 370 g/mol. The summed E-state index contributed by atoms with van der Waals surface area (Å²) in [5.41, 5.74) is 2.53. The molecule has 2 aromatic carbocycles. The summed E-state index contributed by atoms with van der Waals surface area (Å²) in [6, 6.07) is 12.8. The normalized spacial score (nSPS) is 18.1. The number of aromatic nitrogens is 2. The van der Waals surface area contributed by atoms with E-state index in [9.17, 15) is 13.2 Å². The van der Waals surface area contributed by atoms with Gasteiger partial charge >= 0.3 is 6.18 Å². The number of halogens is 3. The van der Waals surface area contributed by atoms with E-state index in [1.807, 2.05) is 6.07 Å². The Morgan fingerprint density at radius 2 is 1.96 bits per heavy atom. The Hall–Kier alpha value is -2.85. The molecule has 27 heavy (non-hydrogen) atoms. The molecule has 0 radical (unpaired) electrons. The van der Waals surface area contributed by atoms with Crippen molar-refractivity contribution in [3.05, 3.63) is 65.0 Å². The molecule has 1 aliphatic heterocycles. The Bertz CT molecular complexity index is 999. The Kier molecular flexibility index (Phi) is 4.36. The number of hydrogen-bond acceptors (Lipinski definition) is 3. The summed E-state index contributed by atoms with van der Waals surface area (Å²) in [6.07, 6.45) is -3.37. The highest BCUT2D eigenvalue weighted by Gasteiger charge is 2.30. The van der Waals surface area contributed by atoms with Crippen LogP contribution in [0, 0.1) is 11.3 Å². The number of aromatic amines is 1. The van der Waals surface area contributed by atoms with Crippen LogP contribution in [0.3, 0.4) is 0 Å². The van der Waals surface area contributed by atoms with Gasteiger partial charge in [0.1, 0.15) is 5.82 Å². The molecular formula is C20H17F3N4. The molecule has 1 aliphatic rings. The molecule has 0 spiro atoms. The summed E-state index contributed by atoms with van der Waals surface area (Å²) < 4.78 is 38.0. The Morgan fingerprint density at radius 3 is 2.67 bits per heavy atom. The second-order valence-electron chi connectivity index (χ2n) is 6.88. The summed E-state index contributed by atoms with van der Waals surface area (Å²) in [6.45, 7) is 2.28. The van der Waals surface area contributed by atoms with Crippen molar-refractivity contribution < 1.29 is 13.2 Å². The first-order valence-corrected chi connectivity index (χ1v) is 8.70. The molecule has 3 aromatic rings. The third-order valence-electron chi connectivity index (χ3n) is 4.98. The lowest BCUT2D eigenvalue weighted by Gasteiger charge is -2.16. The number of nitriles is 1. The number of H-pyrrole nitrogens is 1. The molecule has 1 fully saturated rings. The highest BCUT2D eigenvalue weighted by atomic mass is 19.4. The molecule has 4 rings (SSSR count). The molecule has 4 nitrogen and oxygen atoms in total. The minimum absolute atomic E-state index is 0.248. The first-order chi connectivity index (χ1) is 12.9. The predicted octanol–water partition coefficient (Wildman–Crippen LogP) is 4.44. The molecule has 0 saturated carbocycles. The smallest absolute Gasteiger partial charge is 0.342 e. The fourth-order valence-corrected chi connectivity index (χ4v) is 3.55. The average Bonchev–Trinajstić information content (AvgIpc) is 3.27. The zero-order valence-electron chi connectivity index (χ0n) is 14.4. The zero-order chi connectivity index (χ0) is 19.0. The fraction of sp³-hybridized carbons (Fsp3) is 0.300. The number of nitrogens with zero attached hydrogens (tertiary/aromatic N) is 3. The SMILES string of the molecule is N#Cc1ccc2nc([C@H]3CCN(Cc4ccc(C(F)(F)F)cc4)C3)[nH]c2c1. The van der Waals surface area contributed by atoms with Crippen LogP contribution in [0.1, 0.15) is 34.9 Å². The Morgan fingerprint density at radius 1 is 1.19 bits per heavy atom. The molecule has 0 aliphatic carbocycles. The van der Waals surface area contributed by atoms with Gasteiger partial charge in [-0.15, -0.1) is 0 Å². The molecule has 1 saturated heterocycles. The van der Waals surface area contributed by atoms with E-state index in [2.05, 4.69) is 20.9 Å². The first-order valence-electron chi connectivity index (χ1n) is 8.70. The molecule has 1 atom stereocenters. The van der Waals surface area contributed by atoms with Crippen LogP contribution < -0.4 is 0 Å². The van der Waals surface area contributed by atoms with E-state index in [-0.39, 0.29) is 5.92 Å². The van der Waals surface area contributed by atoms with Crippen molar-refractivity contribution in [3.63, 3.8) is 0 Å². The number of benzene rings is 2. The van der Waals surface area contributed by atoms with Crippen molar-refractivity contribution in [2.45, 2.75) is 25.1 Å². The van der Waals surface area contributed by atoms with Crippen LogP contribution in [-0.4, -0.2) is 28.0 Å². The van der Waals surface area contributed by atoms with Crippen molar-refractivity contribution in [1.82, 2.24) is 14.9 Å². The number of fused-ring (bicyclic) bond motifs is 1. The third kappa shape index (κ3) is 3.67. The van der Waals surface area contributed by atoms with Gasteiger partial charge in [-0.2, -0.15) is 18.4 Å². The maximum Gasteiger partial charge on any atom is 0.416 e. The van der Waals surface area contributed by atoms with Crippen LogP contribution in [0.25, 0.3) is 11.0 Å². The van der Waals surface area contributed by atoms with Gasteiger partial charge in [0.25, 0.3) is 0 Å². The maximum atomic E-state index is 12.7. The van der Waals surface area contributed by atoms with E-state index in [1.165, 1.54) is 0 Å². The van der Waals surface area contributed by atoms with E-state index in [0.29, 0.717) is 12.1 Å². The summed E-state index contributed by atoms with van der Waals surface area (Å²) in [5.74, 6) is 1.15. The molecule has 1 N–H and O–H groups in total. The molecule has 7 heteroatoms. The Labute approximate surface area is 154 Å². The number of alkyl halides is 3. The van der Waals surface area contributed by atoms with Gasteiger partial charge in [-0.3, -0.25) is 4.90 Å². The van der Waals surface area contributed by atoms with E-state index in [0.717, 1.165) is 54.1 Å². The molecule has 2 heterocycles. The zero-order valence-corrected chi connectivity index (χ0v) is 14.4. The number of nitrogens with one attached hydrogen (secondary N) is 1. The number of imidazole rings is 1. The van der Waals surface area contributed by atoms with Gasteiger partial charge < -0.3 is 4.98 Å². The second-order valence-corrected chi connectivity index (χ2v) is 6.88. The predicted molar refractivity (Wildman–Crippen MR) is 94.9 cm³/mol. The van der Waals surface area contributed by atoms with Crippen molar-refractivity contribution in [1.29, 1.82) is 5.26 Å². The number of rotatable bonds is 3. The van der Waals surface area contributed by atoms with Gasteiger partial charge in [-0.05, 0) is 48.9 Å². The van der Waals surface area contributed by atoms with Crippen LogP contribution in [-0.2, 0) is 12.7 Å². The van der Waals surface area contributed by atoms with E-state index >= 15 is 0 Å². The summed E-state index contributed by atoms with van der Waals surface area (Å²) in [4.78, 5) is 10.2. The lowest BCUT2D eigenvalue weighted by molar-refractivity contribution is -0.137. The minimum atomic E-state index is -4.30. The standard InChI is InChI=1S/C20H17F3N4/c21-20(22,23)16-4-1-13(2-5-16)11-27-8-7-15(12-27)19-25-17-6-3-14(10-24)9-18(17)26-19/h1-6,9,15H,7-8,11-12H2,(H,25,26)/t15-/m0/s1. The van der Waals surface area contributed by atoms with Gasteiger partial charge in [0.2, 0.25) is 0 Å². The minimum Gasteiger partial charge on any atom is -0.342 e. The fourth-order valence-electron chi connectivity index (χ4n) is 3.55. The van der Waals surface area contributed by atoms with Crippen molar-refractivity contribution in [3.8, 4) is 6.07 Å². The van der Waals surface area contributed by atoms with Crippen molar-refractivity contribution >= 4 is 11.0 Å². The van der Waals surface area contributed by atoms with Crippen molar-refractivity contribution in [2.24, 2.45) is 0 Å². The highest BCUT2D eigenvalue weighted by molar-refractivity contribution is 5.76. The van der Waals surface area contributed by atoms with Crippen LogP contribution in [0.5, 0.6) is 0 Å². The molecule has 1 aromatic heterocycles. The van der Waals surface area contributed by atoms with Gasteiger partial charge in [-0.1, -0.05) is 12.1 Å². The van der Waals surface area contributed by atoms with E-state index < -0.39 is 11.7 Å². The van der Waals surface area contributed by atoms with Crippen molar-refractivity contribution in [2.75, 3.05) is 13.1 Å². The van der Waals surface area contributed by atoms with Gasteiger partial charge in [-0.25, -0.2) is 4.98 Å². The van der Waals surface area contributed by atoms with E-state index in [1.54, 1.807) is 24.3 Å². The Balaban J connectivity index is 1.43. The summed E-state index contributed by atoms with van der Waals surface area (Å²) >= 11 is 0. The van der Waals surface area contributed by atoms with Gasteiger partial charge in [0, 0.05) is 19.0 Å². The van der Waals surface area contributed by atoms with Crippen LogP contribution >= 0.6 is 0 Å². The first kappa shape index (κ1) is 17.6. The third-order valence-corrected chi connectivity index (χ3v) is 4.98. The van der Waals surface area contributed by atoms with Gasteiger partial charge in [0.05, 0.1) is 28.2 Å². The van der Waals surface area contributed by atoms with E-state index in [4.69, 9.17) is 5.26 Å². The molecule has 0 bridgehead atoms. The largest absolute Gasteiger partial charge is 0.416 e. The van der Waals surface area contributed by atoms with Crippen LogP contribution in [0.2, 0.25) is 0 Å². The quantitative estimate of drug-likeness (QED) is 0.741. The summed E-state index contributed by atoms with van der Waals surface area (Å²) in [5, 5.41) is 9.00. The summed E-state index contributed by atoms with van der Waals surface area (Å²) in [7, 11) is 0. The second kappa shape index (κ2) is 6.71. The lowest BCUT2D eigenvalue weighted by Crippen LogP contribution is -2.20.